The number of imidazole rings is 1. The first kappa shape index (κ1) is 19.3. The van der Waals surface area contributed by atoms with Crippen LogP contribution >= 0.6 is 11.3 Å². The fourth-order valence-corrected chi connectivity index (χ4v) is 4.96. The first-order chi connectivity index (χ1) is 14.7. The molecule has 5 rings (SSSR count). The van der Waals surface area contributed by atoms with Crippen molar-refractivity contribution in [2.45, 2.75) is 26.4 Å². The van der Waals surface area contributed by atoms with Gasteiger partial charge in [0.05, 0.1) is 12.3 Å². The Morgan fingerprint density at radius 1 is 1.20 bits per heavy atom. The second kappa shape index (κ2) is 8.22. The van der Waals surface area contributed by atoms with Gasteiger partial charge in [0.15, 0.2) is 0 Å². The van der Waals surface area contributed by atoms with E-state index in [-0.39, 0.29) is 13.2 Å². The Labute approximate surface area is 180 Å². The van der Waals surface area contributed by atoms with Gasteiger partial charge in [-0.2, -0.15) is 0 Å². The predicted octanol–water partition coefficient (Wildman–Crippen LogP) is 4.30. The maximum absolute atomic E-state index is 8.93. The minimum atomic E-state index is 0.00233. The van der Waals surface area contributed by atoms with Gasteiger partial charge in [0.25, 0.3) is 0 Å². The normalized spacial score (nSPS) is 14.2. The smallest absolute Gasteiger partial charge is 0.141 e. The first-order valence-electron chi connectivity index (χ1n) is 10.3. The standard InChI is InChI=1S/C24H25N3O2S/c1-17-12-18(22-16-27-8-4-21(29-10-9-28)13-24(27)25-22)2-3-19(17)14-26-7-5-23-20(15-26)6-11-30-23/h2-4,6,8,11-13,16,28H,5,7,9-10,14-15H2,1H3. The van der Waals surface area contributed by atoms with E-state index in [1.807, 2.05) is 40.3 Å². The number of hydrogen-bond acceptors (Lipinski definition) is 5. The summed E-state index contributed by atoms with van der Waals surface area (Å²) in [5.41, 5.74) is 7.07. The average molecular weight is 420 g/mol. The lowest BCUT2D eigenvalue weighted by Gasteiger charge is -2.27. The van der Waals surface area contributed by atoms with Crippen molar-refractivity contribution in [3.63, 3.8) is 0 Å². The lowest BCUT2D eigenvalue weighted by molar-refractivity contribution is 0.201. The average Bonchev–Trinajstić information content (AvgIpc) is 3.39. The molecule has 0 saturated heterocycles. The fraction of sp³-hybridized carbons (Fsp3) is 0.292. The largest absolute Gasteiger partial charge is 0.491 e. The van der Waals surface area contributed by atoms with Crippen LogP contribution in [0.3, 0.4) is 0 Å². The number of pyridine rings is 1. The maximum Gasteiger partial charge on any atom is 0.141 e. The van der Waals surface area contributed by atoms with Crippen molar-refractivity contribution in [2.24, 2.45) is 0 Å². The van der Waals surface area contributed by atoms with E-state index in [1.54, 1.807) is 4.88 Å². The summed E-state index contributed by atoms with van der Waals surface area (Å²) < 4.78 is 7.49. The molecule has 6 heteroatoms. The molecule has 0 saturated carbocycles. The lowest BCUT2D eigenvalue weighted by Crippen LogP contribution is -2.29. The van der Waals surface area contributed by atoms with Gasteiger partial charge < -0.3 is 14.2 Å². The molecule has 0 bridgehead atoms. The van der Waals surface area contributed by atoms with Crippen LogP contribution in [0.15, 0.2) is 54.2 Å². The van der Waals surface area contributed by atoms with Crippen LogP contribution in [-0.2, 0) is 19.5 Å². The summed E-state index contributed by atoms with van der Waals surface area (Å²) in [5.74, 6) is 0.718. The highest BCUT2D eigenvalue weighted by molar-refractivity contribution is 7.10. The van der Waals surface area contributed by atoms with Crippen LogP contribution in [-0.4, -0.2) is 39.1 Å². The van der Waals surface area contributed by atoms with Crippen molar-refractivity contribution in [1.29, 1.82) is 0 Å². The Balaban J connectivity index is 1.34. The Hall–Kier alpha value is -2.67. The van der Waals surface area contributed by atoms with E-state index < -0.39 is 0 Å². The maximum atomic E-state index is 8.93. The third-order valence-corrected chi connectivity index (χ3v) is 6.73. The number of nitrogens with zero attached hydrogens (tertiary/aromatic N) is 3. The van der Waals surface area contributed by atoms with Gasteiger partial charge in [-0.1, -0.05) is 12.1 Å². The zero-order valence-electron chi connectivity index (χ0n) is 17.0. The van der Waals surface area contributed by atoms with Crippen LogP contribution < -0.4 is 4.74 Å². The molecule has 1 aromatic carbocycles. The molecule has 5 nitrogen and oxygen atoms in total. The molecule has 0 fully saturated rings. The summed E-state index contributed by atoms with van der Waals surface area (Å²) in [7, 11) is 0. The van der Waals surface area contributed by atoms with Crippen LogP contribution in [0.4, 0.5) is 0 Å². The van der Waals surface area contributed by atoms with Crippen molar-refractivity contribution >= 4 is 17.0 Å². The van der Waals surface area contributed by atoms with Gasteiger partial charge in [0.1, 0.15) is 18.0 Å². The summed E-state index contributed by atoms with van der Waals surface area (Å²) in [6, 6.07) is 12.7. The van der Waals surface area contributed by atoms with Crippen LogP contribution in [0.5, 0.6) is 5.75 Å². The Morgan fingerprint density at radius 3 is 3.00 bits per heavy atom. The van der Waals surface area contributed by atoms with Crippen molar-refractivity contribution in [3.8, 4) is 17.0 Å². The number of benzene rings is 1. The molecule has 4 aromatic rings. The molecule has 1 aliphatic heterocycles. The summed E-state index contributed by atoms with van der Waals surface area (Å²) in [6.07, 6.45) is 5.15. The number of aromatic nitrogens is 2. The van der Waals surface area contributed by atoms with Crippen LogP contribution in [0.1, 0.15) is 21.6 Å². The van der Waals surface area contributed by atoms with Crippen LogP contribution in [0.2, 0.25) is 0 Å². The molecular weight excluding hydrogens is 394 g/mol. The van der Waals surface area contributed by atoms with E-state index >= 15 is 0 Å². The summed E-state index contributed by atoms with van der Waals surface area (Å²) in [4.78, 5) is 8.86. The molecule has 3 aromatic heterocycles. The van der Waals surface area contributed by atoms with Crippen molar-refractivity contribution in [3.05, 3.63) is 75.7 Å². The molecule has 0 aliphatic carbocycles. The van der Waals surface area contributed by atoms with Gasteiger partial charge in [-0.05, 0) is 53.6 Å². The fourth-order valence-electron chi connectivity index (χ4n) is 4.07. The third kappa shape index (κ3) is 3.86. The number of rotatable bonds is 6. The molecule has 30 heavy (non-hydrogen) atoms. The number of fused-ring (bicyclic) bond motifs is 2. The lowest BCUT2D eigenvalue weighted by atomic mass is 10.0. The Morgan fingerprint density at radius 2 is 2.13 bits per heavy atom. The van der Waals surface area contributed by atoms with E-state index in [2.05, 4.69) is 41.5 Å². The topological polar surface area (TPSA) is 50.0 Å². The zero-order chi connectivity index (χ0) is 20.5. The molecule has 0 amide bonds. The summed E-state index contributed by atoms with van der Waals surface area (Å²) in [5, 5.41) is 11.1. The highest BCUT2D eigenvalue weighted by Crippen LogP contribution is 2.27. The SMILES string of the molecule is Cc1cc(-c2cn3ccc(OCCO)cc3n2)ccc1CN1CCc2sccc2C1. The molecule has 0 unspecified atom stereocenters. The highest BCUT2D eigenvalue weighted by atomic mass is 32.1. The van der Waals surface area contributed by atoms with E-state index in [4.69, 9.17) is 14.8 Å². The molecule has 0 radical (unpaired) electrons. The second-order valence-corrected chi connectivity index (χ2v) is 8.80. The third-order valence-electron chi connectivity index (χ3n) is 5.71. The second-order valence-electron chi connectivity index (χ2n) is 7.80. The van der Waals surface area contributed by atoms with Gasteiger partial charge in [0.2, 0.25) is 0 Å². The predicted molar refractivity (Wildman–Crippen MR) is 120 cm³/mol. The number of hydrogen-bond donors (Lipinski definition) is 1. The highest BCUT2D eigenvalue weighted by Gasteiger charge is 2.18. The zero-order valence-corrected chi connectivity index (χ0v) is 17.9. The first-order valence-corrected chi connectivity index (χ1v) is 11.2. The number of thiophene rings is 1. The Bertz CT molecular complexity index is 1180. The number of aliphatic hydroxyl groups is 1. The van der Waals surface area contributed by atoms with E-state index in [1.165, 1.54) is 16.7 Å². The molecular formula is C24H25N3O2S. The monoisotopic (exact) mass is 419 g/mol. The van der Waals surface area contributed by atoms with Crippen molar-refractivity contribution < 1.29 is 9.84 Å². The Kier molecular flexibility index (Phi) is 5.29. The minimum absolute atomic E-state index is 0.00233. The van der Waals surface area contributed by atoms with Gasteiger partial charge in [-0.15, -0.1) is 11.3 Å². The van der Waals surface area contributed by atoms with Gasteiger partial charge in [-0.3, -0.25) is 4.90 Å². The molecule has 4 heterocycles. The van der Waals surface area contributed by atoms with E-state index in [9.17, 15) is 0 Å². The van der Waals surface area contributed by atoms with Gasteiger partial charge in [-0.25, -0.2) is 4.98 Å². The summed E-state index contributed by atoms with van der Waals surface area (Å²) in [6.45, 7) is 5.64. The van der Waals surface area contributed by atoms with Crippen LogP contribution in [0, 0.1) is 6.92 Å². The number of ether oxygens (including phenoxy) is 1. The summed E-state index contributed by atoms with van der Waals surface area (Å²) >= 11 is 1.89. The van der Waals surface area contributed by atoms with E-state index in [0.717, 1.165) is 48.7 Å². The molecule has 1 N–H and O–H groups in total. The molecule has 0 atom stereocenters. The van der Waals surface area contributed by atoms with E-state index in [0.29, 0.717) is 0 Å². The quantitative estimate of drug-likeness (QED) is 0.506. The molecule has 0 spiro atoms. The van der Waals surface area contributed by atoms with Gasteiger partial charge in [0, 0.05) is 48.5 Å². The van der Waals surface area contributed by atoms with Crippen molar-refractivity contribution in [1.82, 2.24) is 14.3 Å². The minimum Gasteiger partial charge on any atom is -0.491 e. The molecule has 154 valence electrons. The van der Waals surface area contributed by atoms with Crippen molar-refractivity contribution in [2.75, 3.05) is 19.8 Å². The van der Waals surface area contributed by atoms with Crippen LogP contribution in [0.25, 0.3) is 16.9 Å². The molecule has 1 aliphatic rings. The number of aryl methyl sites for hydroxylation is 1. The number of aliphatic hydroxyl groups excluding tert-OH is 1. The van der Waals surface area contributed by atoms with Gasteiger partial charge >= 0.3 is 0 Å².